The minimum absolute atomic E-state index is 0.230. The molecule has 19 heavy (non-hydrogen) atoms. The molecule has 6 heteroatoms. The summed E-state index contributed by atoms with van der Waals surface area (Å²) in [5, 5.41) is 0. The average molecular weight is 267 g/mol. The third-order valence-electron chi connectivity index (χ3n) is 3.57. The third-order valence-corrected chi connectivity index (χ3v) is 3.57. The molecule has 106 valence electrons. The van der Waals surface area contributed by atoms with Crippen molar-refractivity contribution in [2.24, 2.45) is 7.05 Å². The molecular formula is C13H21N3O3. The molecule has 2 heterocycles. The maximum Gasteiger partial charge on any atom is 0.330 e. The van der Waals surface area contributed by atoms with Crippen molar-refractivity contribution in [3.8, 4) is 0 Å². The van der Waals surface area contributed by atoms with E-state index in [4.69, 9.17) is 4.74 Å². The van der Waals surface area contributed by atoms with Crippen molar-refractivity contribution in [1.82, 2.24) is 14.0 Å². The van der Waals surface area contributed by atoms with Crippen LogP contribution in [0.5, 0.6) is 0 Å². The topological polar surface area (TPSA) is 56.5 Å². The highest BCUT2D eigenvalue weighted by molar-refractivity contribution is 4.99. The largest absolute Gasteiger partial charge is 0.379 e. The molecule has 1 aromatic heterocycles. The monoisotopic (exact) mass is 267 g/mol. The van der Waals surface area contributed by atoms with Crippen molar-refractivity contribution in [3.05, 3.63) is 32.6 Å². The minimum Gasteiger partial charge on any atom is -0.379 e. The van der Waals surface area contributed by atoms with Crippen LogP contribution in [0.3, 0.4) is 0 Å². The van der Waals surface area contributed by atoms with Gasteiger partial charge in [0.25, 0.3) is 5.56 Å². The summed E-state index contributed by atoms with van der Waals surface area (Å²) in [6.45, 7) is 6.91. The maximum absolute atomic E-state index is 12.0. The summed E-state index contributed by atoms with van der Waals surface area (Å²) in [7, 11) is 1.52. The first-order valence-corrected chi connectivity index (χ1v) is 6.67. The number of nitrogens with zero attached hydrogens (tertiary/aromatic N) is 3. The molecule has 0 radical (unpaired) electrons. The number of hydrogen-bond donors (Lipinski definition) is 0. The normalized spacial score (nSPS) is 16.7. The zero-order valence-corrected chi connectivity index (χ0v) is 11.6. The lowest BCUT2D eigenvalue weighted by atomic mass is 10.3. The van der Waals surface area contributed by atoms with Crippen LogP contribution in [0.25, 0.3) is 0 Å². The van der Waals surface area contributed by atoms with Crippen LogP contribution in [0.1, 0.15) is 12.1 Å². The summed E-state index contributed by atoms with van der Waals surface area (Å²) in [5.74, 6) is 0. The Morgan fingerprint density at radius 2 is 1.89 bits per heavy atom. The highest BCUT2D eigenvalue weighted by atomic mass is 16.5. The van der Waals surface area contributed by atoms with E-state index in [1.807, 2.05) is 0 Å². The molecule has 0 spiro atoms. The van der Waals surface area contributed by atoms with Crippen molar-refractivity contribution < 1.29 is 4.74 Å². The molecule has 1 aliphatic heterocycles. The van der Waals surface area contributed by atoms with Crippen molar-refractivity contribution in [2.45, 2.75) is 19.9 Å². The number of aromatic nitrogens is 2. The Morgan fingerprint density at radius 1 is 1.21 bits per heavy atom. The second-order valence-electron chi connectivity index (χ2n) is 4.92. The first kappa shape index (κ1) is 14.0. The van der Waals surface area contributed by atoms with E-state index >= 15 is 0 Å². The SMILES string of the molecule is Cc1cc(=O)n(C)c(=O)n1CCCN1CCOCC1. The fourth-order valence-electron chi connectivity index (χ4n) is 2.33. The van der Waals surface area contributed by atoms with Crippen LogP contribution in [0.15, 0.2) is 15.7 Å². The first-order valence-electron chi connectivity index (χ1n) is 6.67. The lowest BCUT2D eigenvalue weighted by Gasteiger charge is -2.26. The molecule has 1 aromatic rings. The highest BCUT2D eigenvalue weighted by Gasteiger charge is 2.10. The lowest BCUT2D eigenvalue weighted by Crippen LogP contribution is -2.40. The Labute approximate surface area is 112 Å². The van der Waals surface area contributed by atoms with Gasteiger partial charge < -0.3 is 4.74 Å². The quantitative estimate of drug-likeness (QED) is 0.743. The van der Waals surface area contributed by atoms with E-state index in [1.165, 1.54) is 13.1 Å². The van der Waals surface area contributed by atoms with Gasteiger partial charge >= 0.3 is 5.69 Å². The predicted molar refractivity (Wildman–Crippen MR) is 72.6 cm³/mol. The second kappa shape index (κ2) is 6.16. The Balaban J connectivity index is 1.98. The number of morpholine rings is 1. The summed E-state index contributed by atoms with van der Waals surface area (Å²) in [6, 6.07) is 1.51. The molecule has 0 N–H and O–H groups in total. The van der Waals surface area contributed by atoms with Crippen LogP contribution in [-0.2, 0) is 18.3 Å². The lowest BCUT2D eigenvalue weighted by molar-refractivity contribution is 0.0368. The maximum atomic E-state index is 12.0. The molecule has 0 amide bonds. The summed E-state index contributed by atoms with van der Waals surface area (Å²) in [5.41, 5.74) is 0.258. The number of ether oxygens (including phenoxy) is 1. The molecule has 0 aromatic carbocycles. The third kappa shape index (κ3) is 3.33. The summed E-state index contributed by atoms with van der Waals surface area (Å²) in [6.07, 6.45) is 0.902. The van der Waals surface area contributed by atoms with Gasteiger partial charge in [-0.1, -0.05) is 0 Å². The number of rotatable bonds is 4. The molecule has 1 aliphatic rings. The smallest absolute Gasteiger partial charge is 0.330 e. The van der Waals surface area contributed by atoms with Crippen molar-refractivity contribution in [2.75, 3.05) is 32.8 Å². The van der Waals surface area contributed by atoms with E-state index < -0.39 is 0 Å². The molecule has 0 saturated carbocycles. The summed E-state index contributed by atoms with van der Waals surface area (Å²) >= 11 is 0. The average Bonchev–Trinajstić information content (AvgIpc) is 2.41. The Morgan fingerprint density at radius 3 is 2.58 bits per heavy atom. The first-order chi connectivity index (χ1) is 9.09. The Kier molecular flexibility index (Phi) is 4.55. The highest BCUT2D eigenvalue weighted by Crippen LogP contribution is 2.00. The van der Waals surface area contributed by atoms with Crippen molar-refractivity contribution in [3.63, 3.8) is 0 Å². The van der Waals surface area contributed by atoms with Gasteiger partial charge in [0.15, 0.2) is 0 Å². The van der Waals surface area contributed by atoms with Crippen LogP contribution in [0, 0.1) is 6.92 Å². The van der Waals surface area contributed by atoms with Gasteiger partial charge in [-0.05, 0) is 13.3 Å². The van der Waals surface area contributed by atoms with E-state index in [0.717, 1.165) is 49.5 Å². The number of aryl methyl sites for hydroxylation is 1. The fourth-order valence-corrected chi connectivity index (χ4v) is 2.33. The zero-order valence-electron chi connectivity index (χ0n) is 11.6. The number of hydrogen-bond acceptors (Lipinski definition) is 4. The van der Waals surface area contributed by atoms with Gasteiger partial charge in [-0.15, -0.1) is 0 Å². The summed E-state index contributed by atoms with van der Waals surface area (Å²) in [4.78, 5) is 25.8. The van der Waals surface area contributed by atoms with Crippen LogP contribution < -0.4 is 11.2 Å². The van der Waals surface area contributed by atoms with Gasteiger partial charge in [0.2, 0.25) is 0 Å². The van der Waals surface area contributed by atoms with Gasteiger partial charge in [0.1, 0.15) is 0 Å². The van der Waals surface area contributed by atoms with Gasteiger partial charge in [-0.3, -0.25) is 18.8 Å². The molecular weight excluding hydrogens is 246 g/mol. The van der Waals surface area contributed by atoms with Gasteiger partial charge in [0.05, 0.1) is 13.2 Å². The molecule has 1 fully saturated rings. The van der Waals surface area contributed by atoms with E-state index in [9.17, 15) is 9.59 Å². The second-order valence-corrected chi connectivity index (χ2v) is 4.92. The van der Waals surface area contributed by atoms with Crippen molar-refractivity contribution >= 4 is 0 Å². The minimum atomic E-state index is -0.244. The molecule has 0 unspecified atom stereocenters. The van der Waals surface area contributed by atoms with Crippen LogP contribution in [0.4, 0.5) is 0 Å². The van der Waals surface area contributed by atoms with E-state index in [1.54, 1.807) is 11.5 Å². The van der Waals surface area contributed by atoms with Crippen molar-refractivity contribution in [1.29, 1.82) is 0 Å². The summed E-state index contributed by atoms with van der Waals surface area (Å²) < 4.78 is 8.12. The fraction of sp³-hybridized carbons (Fsp3) is 0.692. The molecule has 6 nitrogen and oxygen atoms in total. The Hall–Kier alpha value is -1.40. The van der Waals surface area contributed by atoms with E-state index in [0.29, 0.717) is 6.54 Å². The van der Waals surface area contributed by atoms with E-state index in [2.05, 4.69) is 4.90 Å². The molecule has 2 rings (SSSR count). The van der Waals surface area contributed by atoms with Crippen LogP contribution >= 0.6 is 0 Å². The predicted octanol–water partition coefficient (Wildman–Crippen LogP) is -0.422. The Bertz CT molecular complexity index is 541. The molecule has 0 bridgehead atoms. The zero-order chi connectivity index (χ0) is 13.8. The van der Waals surface area contributed by atoms with E-state index in [-0.39, 0.29) is 11.2 Å². The van der Waals surface area contributed by atoms with Gasteiger partial charge in [-0.25, -0.2) is 4.79 Å². The van der Waals surface area contributed by atoms with Gasteiger partial charge in [-0.2, -0.15) is 0 Å². The molecule has 0 atom stereocenters. The van der Waals surface area contributed by atoms with Crippen LogP contribution in [0.2, 0.25) is 0 Å². The van der Waals surface area contributed by atoms with Gasteiger partial charge in [0, 0.05) is 45.0 Å². The molecule has 1 saturated heterocycles. The molecule has 0 aliphatic carbocycles. The standard InChI is InChI=1S/C13H21N3O3/c1-11-10-12(17)14(2)13(18)16(11)5-3-4-15-6-8-19-9-7-15/h10H,3-9H2,1-2H3. The van der Waals surface area contributed by atoms with Crippen LogP contribution in [-0.4, -0.2) is 46.9 Å².